The summed E-state index contributed by atoms with van der Waals surface area (Å²) in [5, 5.41) is 9.97. The Morgan fingerprint density at radius 1 is 1.10 bits per heavy atom. The summed E-state index contributed by atoms with van der Waals surface area (Å²) in [5.74, 6) is 0.717. The van der Waals surface area contributed by atoms with Gasteiger partial charge in [-0.3, -0.25) is 0 Å². The van der Waals surface area contributed by atoms with Crippen LogP contribution in [0.3, 0.4) is 0 Å². The second-order valence-electron chi connectivity index (χ2n) is 5.15. The lowest BCUT2D eigenvalue weighted by Gasteiger charge is -2.12. The lowest BCUT2D eigenvalue weighted by Crippen LogP contribution is -2.08. The molecule has 1 atom stereocenters. The van der Waals surface area contributed by atoms with Crippen molar-refractivity contribution in [2.45, 2.75) is 26.5 Å². The van der Waals surface area contributed by atoms with Crippen LogP contribution in [0.2, 0.25) is 0 Å². The summed E-state index contributed by atoms with van der Waals surface area (Å²) in [7, 11) is 0. The van der Waals surface area contributed by atoms with Crippen molar-refractivity contribution in [2.24, 2.45) is 0 Å². The van der Waals surface area contributed by atoms with Crippen molar-refractivity contribution >= 4 is 11.0 Å². The van der Waals surface area contributed by atoms with Gasteiger partial charge in [-0.25, -0.2) is 4.98 Å². The average Bonchev–Trinajstić information content (AvgIpc) is 2.81. The van der Waals surface area contributed by atoms with Crippen molar-refractivity contribution in [1.29, 1.82) is 0 Å². The topological polar surface area (TPSA) is 38.0 Å². The Morgan fingerprint density at radius 3 is 2.55 bits per heavy atom. The van der Waals surface area contributed by atoms with Crippen LogP contribution in [0.5, 0.6) is 0 Å². The summed E-state index contributed by atoms with van der Waals surface area (Å²) in [6.07, 6.45) is -0.577. The van der Waals surface area contributed by atoms with Gasteiger partial charge in [0.1, 0.15) is 11.9 Å². The van der Waals surface area contributed by atoms with E-state index in [1.807, 2.05) is 36.4 Å². The van der Waals surface area contributed by atoms with Crippen LogP contribution in [0.1, 0.15) is 30.0 Å². The van der Waals surface area contributed by atoms with E-state index in [9.17, 15) is 5.11 Å². The second kappa shape index (κ2) is 5.10. The third-order valence-electron chi connectivity index (χ3n) is 3.65. The van der Waals surface area contributed by atoms with E-state index in [1.54, 1.807) is 6.92 Å². The molecule has 0 aliphatic carbocycles. The molecule has 1 N–H and O–H groups in total. The van der Waals surface area contributed by atoms with Gasteiger partial charge >= 0.3 is 0 Å². The summed E-state index contributed by atoms with van der Waals surface area (Å²) in [5.41, 5.74) is 4.49. The fraction of sp³-hybridized carbons (Fsp3) is 0.235. The molecule has 0 aliphatic heterocycles. The highest BCUT2D eigenvalue weighted by Gasteiger charge is 2.15. The average molecular weight is 266 g/mol. The molecule has 0 saturated heterocycles. The fourth-order valence-corrected chi connectivity index (χ4v) is 2.54. The molecule has 0 fully saturated rings. The molecule has 0 spiro atoms. The maximum absolute atomic E-state index is 9.97. The number of hydrogen-bond donors (Lipinski definition) is 1. The SMILES string of the molecule is Cc1ccccc1Cn1c([C@@H](C)O)nc2ccccc21. The molecule has 2 aromatic carbocycles. The molecule has 1 aromatic heterocycles. The predicted octanol–water partition coefficient (Wildman–Crippen LogP) is 3.45. The number of para-hydroxylation sites is 2. The third kappa shape index (κ3) is 2.21. The number of aromatic nitrogens is 2. The van der Waals surface area contributed by atoms with Crippen LogP contribution in [0.25, 0.3) is 11.0 Å². The van der Waals surface area contributed by atoms with E-state index < -0.39 is 6.10 Å². The molecule has 0 amide bonds. The van der Waals surface area contributed by atoms with Crippen LogP contribution in [0.4, 0.5) is 0 Å². The maximum atomic E-state index is 9.97. The predicted molar refractivity (Wildman–Crippen MR) is 80.6 cm³/mol. The number of fused-ring (bicyclic) bond motifs is 1. The molecule has 0 aliphatic rings. The first-order chi connectivity index (χ1) is 9.66. The molecule has 0 radical (unpaired) electrons. The lowest BCUT2D eigenvalue weighted by molar-refractivity contribution is 0.185. The first-order valence-corrected chi connectivity index (χ1v) is 6.84. The molecule has 20 heavy (non-hydrogen) atoms. The van der Waals surface area contributed by atoms with Gasteiger partial charge in [-0.2, -0.15) is 0 Å². The molecule has 3 heteroatoms. The molecule has 3 nitrogen and oxygen atoms in total. The zero-order valence-electron chi connectivity index (χ0n) is 11.7. The van der Waals surface area contributed by atoms with E-state index in [0.717, 1.165) is 23.4 Å². The van der Waals surface area contributed by atoms with E-state index >= 15 is 0 Å². The minimum Gasteiger partial charge on any atom is -0.385 e. The normalized spacial score (nSPS) is 12.8. The summed E-state index contributed by atoms with van der Waals surface area (Å²) >= 11 is 0. The number of hydrogen-bond acceptors (Lipinski definition) is 2. The Hall–Kier alpha value is -2.13. The quantitative estimate of drug-likeness (QED) is 0.788. The minimum absolute atomic E-state index is 0.577. The van der Waals surface area contributed by atoms with Gasteiger partial charge in [0.2, 0.25) is 0 Å². The van der Waals surface area contributed by atoms with Gasteiger partial charge < -0.3 is 9.67 Å². The number of imidazole rings is 1. The van der Waals surface area contributed by atoms with Crippen molar-refractivity contribution < 1.29 is 5.11 Å². The number of nitrogens with zero attached hydrogens (tertiary/aromatic N) is 2. The van der Waals surface area contributed by atoms with Gasteiger partial charge in [0.05, 0.1) is 11.0 Å². The molecule has 3 aromatic rings. The molecule has 0 saturated carbocycles. The molecular weight excluding hydrogens is 248 g/mol. The van der Waals surface area contributed by atoms with Crippen LogP contribution in [-0.2, 0) is 6.54 Å². The van der Waals surface area contributed by atoms with Gasteiger partial charge in [-0.15, -0.1) is 0 Å². The Bertz CT molecular complexity index is 744. The highest BCUT2D eigenvalue weighted by molar-refractivity contribution is 5.76. The highest BCUT2D eigenvalue weighted by atomic mass is 16.3. The standard InChI is InChI=1S/C17H18N2O/c1-12-7-3-4-8-14(12)11-19-16-10-6-5-9-15(16)18-17(19)13(2)20/h3-10,13,20H,11H2,1-2H3/t13-/m1/s1. The summed E-state index contributed by atoms with van der Waals surface area (Å²) in [4.78, 5) is 4.55. The largest absolute Gasteiger partial charge is 0.385 e. The zero-order chi connectivity index (χ0) is 14.1. The number of aliphatic hydroxyl groups excluding tert-OH is 1. The smallest absolute Gasteiger partial charge is 0.138 e. The van der Waals surface area contributed by atoms with Crippen molar-refractivity contribution in [1.82, 2.24) is 9.55 Å². The number of rotatable bonds is 3. The summed E-state index contributed by atoms with van der Waals surface area (Å²) in [6, 6.07) is 16.3. The number of benzene rings is 2. The van der Waals surface area contributed by atoms with Crippen molar-refractivity contribution in [3.05, 3.63) is 65.5 Å². The van der Waals surface area contributed by atoms with E-state index in [0.29, 0.717) is 0 Å². The summed E-state index contributed by atoms with van der Waals surface area (Å²) < 4.78 is 2.10. The van der Waals surface area contributed by atoms with Crippen molar-refractivity contribution in [2.75, 3.05) is 0 Å². The monoisotopic (exact) mass is 266 g/mol. The van der Waals surface area contributed by atoms with E-state index in [2.05, 4.69) is 28.6 Å². The van der Waals surface area contributed by atoms with Gasteiger partial charge in [-0.05, 0) is 37.1 Å². The Kier molecular flexibility index (Phi) is 3.28. The molecule has 1 heterocycles. The Morgan fingerprint density at radius 2 is 1.80 bits per heavy atom. The maximum Gasteiger partial charge on any atom is 0.138 e. The van der Waals surface area contributed by atoms with E-state index in [4.69, 9.17) is 0 Å². The summed E-state index contributed by atoms with van der Waals surface area (Å²) in [6.45, 7) is 4.60. The van der Waals surface area contributed by atoms with Crippen LogP contribution in [-0.4, -0.2) is 14.7 Å². The molecular formula is C17H18N2O. The highest BCUT2D eigenvalue weighted by Crippen LogP contribution is 2.22. The van der Waals surface area contributed by atoms with Gasteiger partial charge in [-0.1, -0.05) is 36.4 Å². The molecule has 0 bridgehead atoms. The van der Waals surface area contributed by atoms with Crippen LogP contribution < -0.4 is 0 Å². The Balaban J connectivity index is 2.14. The van der Waals surface area contributed by atoms with E-state index in [-0.39, 0.29) is 0 Å². The van der Waals surface area contributed by atoms with Crippen LogP contribution in [0, 0.1) is 6.92 Å². The Labute approximate surface area is 118 Å². The van der Waals surface area contributed by atoms with Crippen LogP contribution >= 0.6 is 0 Å². The first kappa shape index (κ1) is 12.9. The second-order valence-corrected chi connectivity index (χ2v) is 5.15. The fourth-order valence-electron chi connectivity index (χ4n) is 2.54. The first-order valence-electron chi connectivity index (χ1n) is 6.84. The van der Waals surface area contributed by atoms with Gasteiger partial charge in [0, 0.05) is 6.54 Å². The van der Waals surface area contributed by atoms with Gasteiger partial charge in [0.25, 0.3) is 0 Å². The van der Waals surface area contributed by atoms with Gasteiger partial charge in [0.15, 0.2) is 0 Å². The van der Waals surface area contributed by atoms with E-state index in [1.165, 1.54) is 11.1 Å². The molecule has 3 rings (SSSR count). The number of aliphatic hydroxyl groups is 1. The third-order valence-corrected chi connectivity index (χ3v) is 3.65. The minimum atomic E-state index is -0.577. The lowest BCUT2D eigenvalue weighted by atomic mass is 10.1. The molecule has 102 valence electrons. The zero-order valence-corrected chi connectivity index (χ0v) is 11.7. The number of aryl methyl sites for hydroxylation is 1. The van der Waals surface area contributed by atoms with Crippen molar-refractivity contribution in [3.8, 4) is 0 Å². The molecule has 0 unspecified atom stereocenters. The van der Waals surface area contributed by atoms with Crippen molar-refractivity contribution in [3.63, 3.8) is 0 Å². The van der Waals surface area contributed by atoms with Crippen LogP contribution in [0.15, 0.2) is 48.5 Å².